The Labute approximate surface area is 118 Å². The molecule has 2 N–H and O–H groups in total. The van der Waals surface area contributed by atoms with Crippen molar-refractivity contribution in [2.45, 2.75) is 6.92 Å². The van der Waals surface area contributed by atoms with E-state index in [9.17, 15) is 0 Å². The largest absolute Gasteiger partial charge is 0.394 e. The molecule has 1 fully saturated rings. The standard InChI is InChI=1S/C14H20N6/c1-11-13(15)14(18(2)17-11)20-9-7-19(8-10-20)12-5-3-4-6-16-12/h3-6H,7-10,15H2,1-2H3. The lowest BCUT2D eigenvalue weighted by Crippen LogP contribution is -2.47. The van der Waals surface area contributed by atoms with Gasteiger partial charge < -0.3 is 15.5 Å². The van der Waals surface area contributed by atoms with E-state index in [0.717, 1.165) is 49.2 Å². The van der Waals surface area contributed by atoms with E-state index >= 15 is 0 Å². The van der Waals surface area contributed by atoms with E-state index in [0.29, 0.717) is 0 Å². The minimum atomic E-state index is 0.791. The number of piperazine rings is 1. The average molecular weight is 272 g/mol. The molecule has 1 saturated heterocycles. The summed E-state index contributed by atoms with van der Waals surface area (Å²) in [7, 11) is 1.95. The molecule has 20 heavy (non-hydrogen) atoms. The van der Waals surface area contributed by atoms with Gasteiger partial charge in [-0.05, 0) is 19.1 Å². The predicted octanol–water partition coefficient (Wildman–Crippen LogP) is 1.03. The molecule has 0 aliphatic carbocycles. The van der Waals surface area contributed by atoms with E-state index in [2.05, 4.69) is 25.9 Å². The summed E-state index contributed by atoms with van der Waals surface area (Å²) in [6.07, 6.45) is 1.84. The second-order valence-corrected chi connectivity index (χ2v) is 5.11. The Morgan fingerprint density at radius 2 is 1.80 bits per heavy atom. The van der Waals surface area contributed by atoms with Crippen molar-refractivity contribution in [1.29, 1.82) is 0 Å². The highest BCUT2D eigenvalue weighted by atomic mass is 15.4. The van der Waals surface area contributed by atoms with Crippen molar-refractivity contribution in [2.24, 2.45) is 7.05 Å². The highest BCUT2D eigenvalue weighted by Gasteiger charge is 2.23. The second kappa shape index (κ2) is 5.03. The van der Waals surface area contributed by atoms with Gasteiger partial charge in [0, 0.05) is 39.4 Å². The van der Waals surface area contributed by atoms with Crippen LogP contribution < -0.4 is 15.5 Å². The SMILES string of the molecule is Cc1nn(C)c(N2CCN(c3ccccn3)CC2)c1N. The molecule has 0 unspecified atom stereocenters. The summed E-state index contributed by atoms with van der Waals surface area (Å²) in [6, 6.07) is 6.02. The third-order valence-corrected chi connectivity index (χ3v) is 3.79. The normalized spacial score (nSPS) is 15.7. The van der Waals surface area contributed by atoms with Gasteiger partial charge in [0.2, 0.25) is 0 Å². The number of aromatic nitrogens is 3. The zero-order valence-corrected chi connectivity index (χ0v) is 12.0. The van der Waals surface area contributed by atoms with E-state index in [1.807, 2.05) is 37.0 Å². The van der Waals surface area contributed by atoms with Gasteiger partial charge in [-0.25, -0.2) is 4.98 Å². The van der Waals surface area contributed by atoms with Gasteiger partial charge >= 0.3 is 0 Å². The lowest BCUT2D eigenvalue weighted by atomic mass is 10.2. The van der Waals surface area contributed by atoms with Gasteiger partial charge in [0.15, 0.2) is 5.82 Å². The van der Waals surface area contributed by atoms with Gasteiger partial charge in [-0.1, -0.05) is 6.07 Å². The van der Waals surface area contributed by atoms with Crippen LogP contribution in [-0.2, 0) is 7.05 Å². The second-order valence-electron chi connectivity index (χ2n) is 5.11. The summed E-state index contributed by atoms with van der Waals surface area (Å²) < 4.78 is 1.88. The van der Waals surface area contributed by atoms with Gasteiger partial charge in [-0.2, -0.15) is 5.10 Å². The first-order valence-corrected chi connectivity index (χ1v) is 6.87. The summed E-state index contributed by atoms with van der Waals surface area (Å²) in [6.45, 7) is 5.70. The molecular formula is C14H20N6. The van der Waals surface area contributed by atoms with Crippen molar-refractivity contribution in [1.82, 2.24) is 14.8 Å². The Bertz CT molecular complexity index is 583. The summed E-state index contributed by atoms with van der Waals surface area (Å²) >= 11 is 0. The Hall–Kier alpha value is -2.24. The third-order valence-electron chi connectivity index (χ3n) is 3.79. The van der Waals surface area contributed by atoms with E-state index in [-0.39, 0.29) is 0 Å². The van der Waals surface area contributed by atoms with Crippen LogP contribution in [0, 0.1) is 6.92 Å². The van der Waals surface area contributed by atoms with Gasteiger partial charge in [-0.3, -0.25) is 4.68 Å². The highest BCUT2D eigenvalue weighted by Crippen LogP contribution is 2.27. The molecular weight excluding hydrogens is 252 g/mol. The zero-order valence-electron chi connectivity index (χ0n) is 12.0. The zero-order chi connectivity index (χ0) is 14.1. The first-order valence-electron chi connectivity index (χ1n) is 6.87. The molecule has 2 aromatic heterocycles. The maximum absolute atomic E-state index is 6.13. The lowest BCUT2D eigenvalue weighted by molar-refractivity contribution is 0.620. The van der Waals surface area contributed by atoms with Crippen molar-refractivity contribution >= 4 is 17.3 Å². The fraction of sp³-hybridized carbons (Fsp3) is 0.429. The highest BCUT2D eigenvalue weighted by molar-refractivity contribution is 5.66. The van der Waals surface area contributed by atoms with Crippen LogP contribution in [0.2, 0.25) is 0 Å². The molecule has 0 atom stereocenters. The van der Waals surface area contributed by atoms with Gasteiger partial charge in [-0.15, -0.1) is 0 Å². The first-order chi connectivity index (χ1) is 9.66. The summed E-state index contributed by atoms with van der Waals surface area (Å²) in [4.78, 5) is 9.01. The number of rotatable bonds is 2. The number of aryl methyl sites for hydroxylation is 2. The molecule has 6 heteroatoms. The van der Waals surface area contributed by atoms with Crippen molar-refractivity contribution in [2.75, 3.05) is 41.7 Å². The number of anilines is 3. The fourth-order valence-electron chi connectivity index (χ4n) is 2.73. The molecule has 0 aromatic carbocycles. The summed E-state index contributed by atoms with van der Waals surface area (Å²) in [5.41, 5.74) is 7.82. The van der Waals surface area contributed by atoms with Gasteiger partial charge in [0.1, 0.15) is 5.82 Å². The molecule has 0 amide bonds. The molecule has 3 rings (SSSR count). The molecule has 0 spiro atoms. The molecule has 2 aromatic rings. The van der Waals surface area contributed by atoms with E-state index in [1.54, 1.807) is 0 Å². The van der Waals surface area contributed by atoms with Crippen LogP contribution in [0.25, 0.3) is 0 Å². The van der Waals surface area contributed by atoms with E-state index < -0.39 is 0 Å². The molecule has 0 bridgehead atoms. The third kappa shape index (κ3) is 2.17. The number of nitrogens with zero attached hydrogens (tertiary/aromatic N) is 5. The molecule has 0 radical (unpaired) electrons. The van der Waals surface area contributed by atoms with Crippen molar-refractivity contribution in [3.63, 3.8) is 0 Å². The van der Waals surface area contributed by atoms with Crippen LogP contribution in [0.5, 0.6) is 0 Å². The van der Waals surface area contributed by atoms with Crippen LogP contribution >= 0.6 is 0 Å². The Balaban J connectivity index is 1.73. The monoisotopic (exact) mass is 272 g/mol. The topological polar surface area (TPSA) is 63.2 Å². The number of nitrogen functional groups attached to an aromatic ring is 1. The van der Waals surface area contributed by atoms with Gasteiger partial charge in [0.25, 0.3) is 0 Å². The maximum Gasteiger partial charge on any atom is 0.150 e. The molecule has 3 heterocycles. The van der Waals surface area contributed by atoms with Crippen molar-refractivity contribution in [3.05, 3.63) is 30.1 Å². The molecule has 6 nitrogen and oxygen atoms in total. The quantitative estimate of drug-likeness (QED) is 0.884. The summed E-state index contributed by atoms with van der Waals surface area (Å²) in [5, 5.41) is 4.39. The maximum atomic E-state index is 6.13. The number of hydrogen-bond acceptors (Lipinski definition) is 5. The smallest absolute Gasteiger partial charge is 0.150 e. The summed E-state index contributed by atoms with van der Waals surface area (Å²) in [5.74, 6) is 2.07. The van der Waals surface area contributed by atoms with Crippen LogP contribution in [0.3, 0.4) is 0 Å². The molecule has 106 valence electrons. The number of nitrogens with two attached hydrogens (primary N) is 1. The number of hydrogen-bond donors (Lipinski definition) is 1. The Morgan fingerprint density at radius 3 is 2.35 bits per heavy atom. The minimum Gasteiger partial charge on any atom is -0.394 e. The number of pyridine rings is 1. The Kier molecular flexibility index (Phi) is 3.22. The molecule has 0 saturated carbocycles. The predicted molar refractivity (Wildman–Crippen MR) is 81.0 cm³/mol. The van der Waals surface area contributed by atoms with Crippen LogP contribution in [-0.4, -0.2) is 40.9 Å². The van der Waals surface area contributed by atoms with E-state index in [4.69, 9.17) is 5.73 Å². The van der Waals surface area contributed by atoms with Crippen LogP contribution in [0.1, 0.15) is 5.69 Å². The average Bonchev–Trinajstić information content (AvgIpc) is 2.73. The van der Waals surface area contributed by atoms with E-state index in [1.165, 1.54) is 0 Å². The first kappa shape index (κ1) is 12.8. The van der Waals surface area contributed by atoms with Crippen LogP contribution in [0.15, 0.2) is 24.4 Å². The van der Waals surface area contributed by atoms with Crippen molar-refractivity contribution in [3.8, 4) is 0 Å². The lowest BCUT2D eigenvalue weighted by Gasteiger charge is -2.36. The van der Waals surface area contributed by atoms with Crippen LogP contribution in [0.4, 0.5) is 17.3 Å². The fourth-order valence-corrected chi connectivity index (χ4v) is 2.73. The van der Waals surface area contributed by atoms with Crippen molar-refractivity contribution < 1.29 is 0 Å². The molecule has 1 aliphatic rings. The minimum absolute atomic E-state index is 0.791. The Morgan fingerprint density at radius 1 is 1.10 bits per heavy atom. The van der Waals surface area contributed by atoms with Gasteiger partial charge in [0.05, 0.1) is 11.4 Å². The molecule has 1 aliphatic heterocycles.